The molecule has 1 atom stereocenters. The summed E-state index contributed by atoms with van der Waals surface area (Å²) in [5, 5.41) is 2.85. The first-order valence-electron chi connectivity index (χ1n) is 13.1. The summed E-state index contributed by atoms with van der Waals surface area (Å²) >= 11 is 0. The second-order valence-electron chi connectivity index (χ2n) is 9.62. The fourth-order valence-corrected chi connectivity index (χ4v) is 5.69. The van der Waals surface area contributed by atoms with Crippen LogP contribution in [0.3, 0.4) is 0 Å². The zero-order valence-corrected chi connectivity index (χ0v) is 24.7. The number of benzene rings is 3. The number of nitrogens with one attached hydrogen (secondary N) is 1. The van der Waals surface area contributed by atoms with Gasteiger partial charge in [0.25, 0.3) is 10.0 Å². The van der Waals surface area contributed by atoms with Gasteiger partial charge in [-0.05, 0) is 86.5 Å². The van der Waals surface area contributed by atoms with E-state index in [2.05, 4.69) is 5.32 Å². The molecule has 0 aliphatic heterocycles. The molecule has 0 aliphatic rings. The number of carbonyl (C=O) groups excluding carboxylic acids is 2. The van der Waals surface area contributed by atoms with E-state index in [1.165, 1.54) is 55.5 Å². The maximum absolute atomic E-state index is 14.0. The van der Waals surface area contributed by atoms with E-state index in [-0.39, 0.29) is 35.5 Å². The molecule has 0 aromatic heterocycles. The number of hydrogen-bond acceptors (Lipinski definition) is 6. The third-order valence-corrected chi connectivity index (χ3v) is 8.13. The van der Waals surface area contributed by atoms with Crippen LogP contribution in [0.4, 0.5) is 10.1 Å². The van der Waals surface area contributed by atoms with E-state index in [9.17, 15) is 22.4 Å². The normalized spacial score (nSPS) is 12.0. The Hall–Kier alpha value is -4.12. The third kappa shape index (κ3) is 7.97. The van der Waals surface area contributed by atoms with Crippen molar-refractivity contribution in [3.05, 3.63) is 84.2 Å². The van der Waals surface area contributed by atoms with Crippen molar-refractivity contribution in [1.29, 1.82) is 0 Å². The summed E-state index contributed by atoms with van der Waals surface area (Å²) in [4.78, 5) is 28.5. The van der Waals surface area contributed by atoms with E-state index in [1.54, 1.807) is 31.2 Å². The minimum atomic E-state index is -4.29. The van der Waals surface area contributed by atoms with Crippen LogP contribution in [0.2, 0.25) is 0 Å². The van der Waals surface area contributed by atoms with Gasteiger partial charge in [-0.25, -0.2) is 12.8 Å². The Balaban J connectivity index is 2.06. The maximum Gasteiger partial charge on any atom is 0.264 e. The second kappa shape index (κ2) is 14.0. The molecule has 0 radical (unpaired) electrons. The molecule has 3 rings (SSSR count). The molecule has 0 bridgehead atoms. The van der Waals surface area contributed by atoms with Gasteiger partial charge >= 0.3 is 0 Å². The van der Waals surface area contributed by atoms with Crippen molar-refractivity contribution in [1.82, 2.24) is 10.2 Å². The Morgan fingerprint density at radius 3 is 2.12 bits per heavy atom. The van der Waals surface area contributed by atoms with E-state index in [1.807, 2.05) is 13.8 Å². The summed E-state index contributed by atoms with van der Waals surface area (Å²) in [5.74, 6) is -0.493. The lowest BCUT2D eigenvalue weighted by atomic mass is 10.1. The molecule has 1 N–H and O–H groups in total. The quantitative estimate of drug-likeness (QED) is 0.320. The van der Waals surface area contributed by atoms with E-state index in [4.69, 9.17) is 9.47 Å². The third-order valence-electron chi connectivity index (χ3n) is 6.34. The van der Waals surface area contributed by atoms with Crippen molar-refractivity contribution < 1.29 is 31.9 Å². The van der Waals surface area contributed by atoms with Gasteiger partial charge in [0.05, 0.1) is 24.8 Å². The SMILES string of the molecule is CC[C@@H](C(=O)NC(C)C)N(Cc1cccc(OC)c1)C(=O)CN(c1ccc(F)cc1)S(=O)(=O)c1ccc(OC)cc1. The molecule has 0 spiro atoms. The molecular weight excluding hydrogens is 549 g/mol. The van der Waals surface area contributed by atoms with E-state index >= 15 is 0 Å². The highest BCUT2D eigenvalue weighted by molar-refractivity contribution is 7.92. The largest absolute Gasteiger partial charge is 0.497 e. The van der Waals surface area contributed by atoms with Crippen LogP contribution in [0.5, 0.6) is 11.5 Å². The number of carbonyl (C=O) groups is 2. The van der Waals surface area contributed by atoms with Gasteiger partial charge in [0.15, 0.2) is 0 Å². The second-order valence-corrected chi connectivity index (χ2v) is 11.5. The number of rotatable bonds is 13. The minimum Gasteiger partial charge on any atom is -0.497 e. The van der Waals surface area contributed by atoms with Gasteiger partial charge in [0, 0.05) is 12.6 Å². The van der Waals surface area contributed by atoms with Gasteiger partial charge in [-0.15, -0.1) is 0 Å². The number of amides is 2. The highest BCUT2D eigenvalue weighted by atomic mass is 32.2. The molecule has 0 heterocycles. The fourth-order valence-electron chi connectivity index (χ4n) is 4.28. The molecule has 3 aromatic rings. The highest BCUT2D eigenvalue weighted by Gasteiger charge is 2.34. The number of halogens is 1. The van der Waals surface area contributed by atoms with Crippen LogP contribution in [0.1, 0.15) is 32.8 Å². The van der Waals surface area contributed by atoms with Crippen molar-refractivity contribution in [2.75, 3.05) is 25.1 Å². The standard InChI is InChI=1S/C30H36FN3O6S/c1-6-28(30(36)32-21(2)3)33(19-22-8-7-9-26(18-22)40-5)29(35)20-34(24-12-10-23(31)11-13-24)41(37,38)27-16-14-25(39-4)15-17-27/h7-18,21,28H,6,19-20H2,1-5H3,(H,32,36)/t28-/m0/s1. The molecule has 3 aromatic carbocycles. The maximum atomic E-state index is 14.0. The lowest BCUT2D eigenvalue weighted by Gasteiger charge is -2.33. The van der Waals surface area contributed by atoms with Crippen LogP contribution in [0.25, 0.3) is 0 Å². The molecule has 0 fully saturated rings. The molecule has 11 heteroatoms. The smallest absolute Gasteiger partial charge is 0.264 e. The Kier molecular flexibility index (Phi) is 10.7. The Morgan fingerprint density at radius 1 is 0.927 bits per heavy atom. The molecular formula is C30H36FN3O6S. The van der Waals surface area contributed by atoms with E-state index in [0.29, 0.717) is 17.1 Å². The first-order valence-corrected chi connectivity index (χ1v) is 14.6. The molecule has 0 aliphatic carbocycles. The molecule has 0 unspecified atom stereocenters. The van der Waals surface area contributed by atoms with Gasteiger partial charge in [-0.3, -0.25) is 13.9 Å². The number of ether oxygens (including phenoxy) is 2. The van der Waals surface area contributed by atoms with E-state index in [0.717, 1.165) is 16.4 Å². The van der Waals surface area contributed by atoms with Gasteiger partial charge in [-0.1, -0.05) is 19.1 Å². The summed E-state index contributed by atoms with van der Waals surface area (Å²) in [5.41, 5.74) is 0.788. The number of methoxy groups -OCH3 is 2. The van der Waals surface area contributed by atoms with E-state index < -0.39 is 34.3 Å². The van der Waals surface area contributed by atoms with Gasteiger partial charge in [0.1, 0.15) is 29.9 Å². The van der Waals surface area contributed by atoms with Gasteiger partial charge in [0.2, 0.25) is 11.8 Å². The average molecular weight is 586 g/mol. The Bertz CT molecular complexity index is 1430. The van der Waals surface area contributed by atoms with Crippen molar-refractivity contribution in [3.8, 4) is 11.5 Å². The summed E-state index contributed by atoms with van der Waals surface area (Å²) in [6, 6.07) is 16.6. The zero-order valence-electron chi connectivity index (χ0n) is 23.8. The first kappa shape index (κ1) is 31.4. The lowest BCUT2D eigenvalue weighted by molar-refractivity contribution is -0.140. The van der Waals surface area contributed by atoms with Gasteiger partial charge < -0.3 is 19.7 Å². The summed E-state index contributed by atoms with van der Waals surface area (Å²) < 4.78 is 52.9. The predicted octanol–water partition coefficient (Wildman–Crippen LogP) is 4.37. The van der Waals surface area contributed by atoms with Crippen molar-refractivity contribution in [2.45, 2.75) is 50.7 Å². The topological polar surface area (TPSA) is 105 Å². The van der Waals surface area contributed by atoms with Crippen LogP contribution in [0, 0.1) is 5.82 Å². The molecule has 9 nitrogen and oxygen atoms in total. The molecule has 0 saturated carbocycles. The number of hydrogen-bond donors (Lipinski definition) is 1. The zero-order chi connectivity index (χ0) is 30.2. The number of anilines is 1. The van der Waals surface area contributed by atoms with Crippen molar-refractivity contribution >= 4 is 27.5 Å². The van der Waals surface area contributed by atoms with Crippen molar-refractivity contribution in [2.24, 2.45) is 0 Å². The average Bonchev–Trinajstić information content (AvgIpc) is 2.96. The fraction of sp³-hybridized carbons (Fsp3) is 0.333. The van der Waals surface area contributed by atoms with Crippen molar-refractivity contribution in [3.63, 3.8) is 0 Å². The molecule has 0 saturated heterocycles. The summed E-state index contributed by atoms with van der Waals surface area (Å²) in [6.45, 7) is 4.81. The summed E-state index contributed by atoms with van der Waals surface area (Å²) in [6.07, 6.45) is 0.288. The van der Waals surface area contributed by atoms with Gasteiger partial charge in [-0.2, -0.15) is 0 Å². The van der Waals surface area contributed by atoms with Crippen LogP contribution >= 0.6 is 0 Å². The lowest BCUT2D eigenvalue weighted by Crippen LogP contribution is -2.53. The number of nitrogens with zero attached hydrogens (tertiary/aromatic N) is 2. The molecule has 2 amide bonds. The highest BCUT2D eigenvalue weighted by Crippen LogP contribution is 2.26. The Morgan fingerprint density at radius 2 is 1.56 bits per heavy atom. The summed E-state index contributed by atoms with van der Waals surface area (Å²) in [7, 11) is -1.30. The molecule has 41 heavy (non-hydrogen) atoms. The number of sulfonamides is 1. The monoisotopic (exact) mass is 585 g/mol. The van der Waals surface area contributed by atoms with Crippen LogP contribution < -0.4 is 19.1 Å². The van der Waals surface area contributed by atoms with Crippen LogP contribution in [-0.4, -0.2) is 58.0 Å². The molecule has 220 valence electrons. The Labute approximate surface area is 240 Å². The first-order chi connectivity index (χ1) is 19.5. The van der Waals surface area contributed by atoms with Crippen LogP contribution in [0.15, 0.2) is 77.7 Å². The van der Waals surface area contributed by atoms with Crippen LogP contribution in [-0.2, 0) is 26.2 Å². The minimum absolute atomic E-state index is 0.0277. The predicted molar refractivity (Wildman–Crippen MR) is 155 cm³/mol.